The van der Waals surface area contributed by atoms with Crippen LogP contribution in [0, 0.1) is 6.92 Å². The fraction of sp³-hybridized carbons (Fsp3) is 0.500. The van der Waals surface area contributed by atoms with E-state index in [1.165, 1.54) is 0 Å². The van der Waals surface area contributed by atoms with Gasteiger partial charge >= 0.3 is 6.09 Å². The number of pyridine rings is 1. The first-order valence-corrected chi connectivity index (χ1v) is 5.98. The Labute approximate surface area is 111 Å². The van der Waals surface area contributed by atoms with Crippen LogP contribution in [-0.4, -0.2) is 21.7 Å². The van der Waals surface area contributed by atoms with E-state index in [9.17, 15) is 4.79 Å². The van der Waals surface area contributed by atoms with Crippen LogP contribution in [0.2, 0.25) is 5.02 Å². The lowest BCUT2D eigenvalue weighted by Gasteiger charge is -2.22. The summed E-state index contributed by atoms with van der Waals surface area (Å²) in [5.41, 5.74) is 0.875. The molecule has 2 heterocycles. The minimum absolute atomic E-state index is 0.246. The Bertz CT molecular complexity index is 497. The second kappa shape index (κ2) is 4.31. The number of fused-ring (bicyclic) bond motifs is 1. The van der Waals surface area contributed by atoms with Crippen molar-refractivity contribution in [3.05, 3.63) is 22.3 Å². The first-order chi connectivity index (χ1) is 8.26. The van der Waals surface area contributed by atoms with Gasteiger partial charge in [-0.15, -0.1) is 5.06 Å². The average molecular weight is 271 g/mol. The maximum atomic E-state index is 11.8. The number of aryl methyl sites for hydroxylation is 1. The van der Waals surface area contributed by atoms with Crippen molar-refractivity contribution in [1.82, 2.24) is 10.0 Å². The van der Waals surface area contributed by atoms with Crippen molar-refractivity contribution in [3.8, 4) is 5.88 Å². The molecular formula is C12H15ClN2O3. The number of carbonyl (C=O) groups excluding carboxylic acids is 1. The van der Waals surface area contributed by atoms with Gasteiger partial charge in [0.25, 0.3) is 5.88 Å². The summed E-state index contributed by atoms with van der Waals surface area (Å²) in [6.07, 6.45) is -0.547. The van der Waals surface area contributed by atoms with Gasteiger partial charge in [0.05, 0.1) is 17.1 Å². The van der Waals surface area contributed by atoms with E-state index in [4.69, 9.17) is 21.2 Å². The number of hydrogen-bond acceptors (Lipinski definition) is 4. The Kier molecular flexibility index (Phi) is 3.11. The molecule has 0 aliphatic carbocycles. The van der Waals surface area contributed by atoms with Crippen LogP contribution in [0.4, 0.5) is 4.79 Å². The number of ether oxygens (including phenoxy) is 1. The molecule has 98 valence electrons. The fourth-order valence-electron chi connectivity index (χ4n) is 1.55. The minimum atomic E-state index is -0.567. The van der Waals surface area contributed by atoms with E-state index in [1.54, 1.807) is 26.8 Å². The monoisotopic (exact) mass is 270 g/mol. The van der Waals surface area contributed by atoms with Crippen LogP contribution < -0.4 is 4.84 Å². The maximum absolute atomic E-state index is 11.8. The van der Waals surface area contributed by atoms with E-state index in [1.807, 2.05) is 6.92 Å². The van der Waals surface area contributed by atoms with Crippen LogP contribution in [0.15, 0.2) is 6.07 Å². The number of rotatable bonds is 0. The average Bonchev–Trinajstić information content (AvgIpc) is 2.58. The molecule has 1 aromatic rings. The quantitative estimate of drug-likeness (QED) is 0.727. The number of hydroxylamine groups is 2. The lowest BCUT2D eigenvalue weighted by molar-refractivity contribution is -0.0650. The molecule has 6 heteroatoms. The predicted octanol–water partition coefficient (Wildman–Crippen LogP) is 3.09. The van der Waals surface area contributed by atoms with Crippen molar-refractivity contribution in [2.24, 2.45) is 0 Å². The second-order valence-corrected chi connectivity index (χ2v) is 5.54. The normalized spacial score (nSPS) is 14.2. The molecule has 0 atom stereocenters. The number of nitrogens with zero attached hydrogens (tertiary/aromatic N) is 2. The predicted molar refractivity (Wildman–Crippen MR) is 66.4 cm³/mol. The zero-order valence-corrected chi connectivity index (χ0v) is 11.5. The number of aromatic nitrogens is 1. The van der Waals surface area contributed by atoms with E-state index in [2.05, 4.69) is 4.98 Å². The highest BCUT2D eigenvalue weighted by Gasteiger charge is 2.32. The third-order valence-electron chi connectivity index (χ3n) is 2.26. The summed E-state index contributed by atoms with van der Waals surface area (Å²) in [5, 5.41) is 1.66. The number of amides is 1. The molecule has 1 aromatic heterocycles. The Balaban J connectivity index is 2.15. The smallest absolute Gasteiger partial charge is 0.442 e. The van der Waals surface area contributed by atoms with Gasteiger partial charge < -0.3 is 9.57 Å². The topological polar surface area (TPSA) is 51.7 Å². The largest absolute Gasteiger partial charge is 0.444 e. The van der Waals surface area contributed by atoms with Crippen LogP contribution in [0.25, 0.3) is 0 Å². The summed E-state index contributed by atoms with van der Waals surface area (Å²) in [5.74, 6) is 0.367. The van der Waals surface area contributed by atoms with Crippen LogP contribution in [0.3, 0.4) is 0 Å². The Morgan fingerprint density at radius 3 is 2.83 bits per heavy atom. The van der Waals surface area contributed by atoms with Gasteiger partial charge in [0.15, 0.2) is 0 Å². The van der Waals surface area contributed by atoms with Crippen molar-refractivity contribution in [2.45, 2.75) is 39.8 Å². The van der Waals surface area contributed by atoms with Gasteiger partial charge in [-0.1, -0.05) is 11.6 Å². The van der Waals surface area contributed by atoms with E-state index in [0.29, 0.717) is 16.5 Å². The van der Waals surface area contributed by atoms with Crippen molar-refractivity contribution in [3.63, 3.8) is 0 Å². The Morgan fingerprint density at radius 2 is 2.22 bits per heavy atom. The second-order valence-electron chi connectivity index (χ2n) is 5.14. The molecule has 18 heavy (non-hydrogen) atoms. The molecule has 0 saturated carbocycles. The maximum Gasteiger partial charge on any atom is 0.444 e. The molecule has 1 aliphatic rings. The molecule has 0 N–H and O–H groups in total. The standard InChI is InChI=1S/C12H15ClN2O3/c1-7-5-9(13)8-6-15(18-10(8)14-7)11(16)17-12(2,3)4/h5H,6H2,1-4H3. The molecule has 2 rings (SSSR count). The number of halogens is 1. The lowest BCUT2D eigenvalue weighted by Crippen LogP contribution is -2.35. The molecule has 0 fully saturated rings. The van der Waals surface area contributed by atoms with Gasteiger partial charge in [0.2, 0.25) is 0 Å². The molecule has 0 spiro atoms. The van der Waals surface area contributed by atoms with Crippen molar-refractivity contribution in [2.75, 3.05) is 0 Å². The third-order valence-corrected chi connectivity index (χ3v) is 2.59. The van der Waals surface area contributed by atoms with Crippen LogP contribution in [0.1, 0.15) is 32.0 Å². The van der Waals surface area contributed by atoms with Gasteiger partial charge in [-0.3, -0.25) is 0 Å². The SMILES string of the molecule is Cc1cc(Cl)c2c(n1)ON(C(=O)OC(C)(C)C)C2. The third kappa shape index (κ3) is 2.67. The summed E-state index contributed by atoms with van der Waals surface area (Å²) >= 11 is 6.08. The van der Waals surface area contributed by atoms with Crippen LogP contribution in [0.5, 0.6) is 5.88 Å². The molecule has 0 saturated heterocycles. The molecular weight excluding hydrogens is 256 g/mol. The minimum Gasteiger partial charge on any atom is -0.442 e. The highest BCUT2D eigenvalue weighted by molar-refractivity contribution is 6.31. The zero-order valence-electron chi connectivity index (χ0n) is 10.8. The number of carbonyl (C=O) groups is 1. The molecule has 1 amide bonds. The van der Waals surface area contributed by atoms with Crippen molar-refractivity contribution in [1.29, 1.82) is 0 Å². The summed E-state index contributed by atoms with van der Waals surface area (Å²) in [6, 6.07) is 1.74. The van der Waals surface area contributed by atoms with Crippen LogP contribution in [-0.2, 0) is 11.3 Å². The van der Waals surface area contributed by atoms with Crippen molar-refractivity contribution >= 4 is 17.7 Å². The lowest BCUT2D eigenvalue weighted by atomic mass is 10.2. The Morgan fingerprint density at radius 1 is 1.56 bits per heavy atom. The van der Waals surface area contributed by atoms with Gasteiger partial charge in [-0.25, -0.2) is 9.78 Å². The van der Waals surface area contributed by atoms with E-state index in [0.717, 1.165) is 10.8 Å². The zero-order chi connectivity index (χ0) is 13.5. The van der Waals surface area contributed by atoms with Gasteiger partial charge in [-0.05, 0) is 33.8 Å². The number of hydrogen-bond donors (Lipinski definition) is 0. The summed E-state index contributed by atoms with van der Waals surface area (Å²) in [6.45, 7) is 7.44. The fourth-order valence-corrected chi connectivity index (χ4v) is 1.84. The summed E-state index contributed by atoms with van der Waals surface area (Å²) in [4.78, 5) is 21.4. The highest BCUT2D eigenvalue weighted by atomic mass is 35.5. The highest BCUT2D eigenvalue weighted by Crippen LogP contribution is 2.33. The molecule has 0 radical (unpaired) electrons. The van der Waals surface area contributed by atoms with Gasteiger partial charge in [-0.2, -0.15) is 0 Å². The molecule has 0 unspecified atom stereocenters. The molecule has 0 aromatic carbocycles. The molecule has 0 bridgehead atoms. The van der Waals surface area contributed by atoms with Crippen LogP contribution >= 0.6 is 11.6 Å². The van der Waals surface area contributed by atoms with Gasteiger partial charge in [0, 0.05) is 5.69 Å². The first kappa shape index (κ1) is 13.0. The molecule has 1 aliphatic heterocycles. The first-order valence-electron chi connectivity index (χ1n) is 5.61. The van der Waals surface area contributed by atoms with E-state index >= 15 is 0 Å². The van der Waals surface area contributed by atoms with E-state index < -0.39 is 11.7 Å². The molecule has 5 nitrogen and oxygen atoms in total. The summed E-state index contributed by atoms with van der Waals surface area (Å²) < 4.78 is 5.21. The van der Waals surface area contributed by atoms with Crippen molar-refractivity contribution < 1.29 is 14.4 Å². The van der Waals surface area contributed by atoms with E-state index in [-0.39, 0.29) is 6.54 Å². The summed E-state index contributed by atoms with van der Waals surface area (Å²) in [7, 11) is 0. The van der Waals surface area contributed by atoms with Gasteiger partial charge in [0.1, 0.15) is 5.60 Å². The Hall–Kier alpha value is -1.49.